The first-order chi connectivity index (χ1) is 8.70. The van der Waals surface area contributed by atoms with Gasteiger partial charge in [0, 0.05) is 19.0 Å². The molecule has 0 amide bonds. The van der Waals surface area contributed by atoms with E-state index in [0.717, 1.165) is 24.7 Å². The molecule has 0 aliphatic carbocycles. The van der Waals surface area contributed by atoms with Crippen molar-refractivity contribution in [3.05, 3.63) is 12.2 Å². The second-order valence-corrected chi connectivity index (χ2v) is 6.63. The molecular formula is C13H24N4S. The number of aromatic nitrogens is 3. The van der Waals surface area contributed by atoms with E-state index < -0.39 is 0 Å². The minimum absolute atomic E-state index is 0.537. The van der Waals surface area contributed by atoms with Crippen LogP contribution in [0.5, 0.6) is 0 Å². The van der Waals surface area contributed by atoms with Crippen LogP contribution in [0.25, 0.3) is 0 Å². The largest absolute Gasteiger partial charge is 0.316 e. The Labute approximate surface area is 114 Å². The molecule has 2 unspecified atom stereocenters. The summed E-state index contributed by atoms with van der Waals surface area (Å²) in [4.78, 5) is 4.43. The van der Waals surface area contributed by atoms with Crippen molar-refractivity contribution in [2.75, 3.05) is 18.6 Å². The number of hydrogen-bond acceptors (Lipinski definition) is 4. The fourth-order valence-electron chi connectivity index (χ4n) is 2.52. The van der Waals surface area contributed by atoms with Gasteiger partial charge in [0.25, 0.3) is 0 Å². The van der Waals surface area contributed by atoms with Gasteiger partial charge in [-0.15, -0.1) is 0 Å². The fourth-order valence-corrected chi connectivity index (χ4v) is 3.85. The van der Waals surface area contributed by atoms with Crippen LogP contribution in [0.15, 0.2) is 6.33 Å². The van der Waals surface area contributed by atoms with Crippen molar-refractivity contribution in [3.8, 4) is 0 Å². The van der Waals surface area contributed by atoms with E-state index in [1.807, 2.05) is 0 Å². The predicted molar refractivity (Wildman–Crippen MR) is 76.8 cm³/mol. The Bertz CT molecular complexity index is 358. The molecule has 0 bridgehead atoms. The van der Waals surface area contributed by atoms with E-state index in [1.165, 1.54) is 17.9 Å². The highest BCUT2D eigenvalue weighted by atomic mass is 32.2. The second kappa shape index (κ2) is 6.57. The Balaban J connectivity index is 2.00. The number of rotatable bonds is 6. The van der Waals surface area contributed by atoms with Crippen molar-refractivity contribution < 1.29 is 0 Å². The highest BCUT2D eigenvalue weighted by Crippen LogP contribution is 2.27. The third-order valence-electron chi connectivity index (χ3n) is 3.54. The predicted octanol–water partition coefficient (Wildman–Crippen LogP) is 1.82. The molecule has 1 N–H and O–H groups in total. The van der Waals surface area contributed by atoms with Crippen LogP contribution in [-0.2, 0) is 13.0 Å². The van der Waals surface area contributed by atoms with Crippen LogP contribution in [-0.4, -0.2) is 39.4 Å². The van der Waals surface area contributed by atoms with Gasteiger partial charge in [-0.2, -0.15) is 16.9 Å². The maximum Gasteiger partial charge on any atom is 0.138 e. The molecule has 18 heavy (non-hydrogen) atoms. The first kappa shape index (κ1) is 13.9. The number of thioether (sulfide) groups is 1. The molecular weight excluding hydrogens is 244 g/mol. The SMILES string of the molecule is CNC(Cc1ncnn1CC(C)C)C1CCSC1. The van der Waals surface area contributed by atoms with Crippen LogP contribution in [0.2, 0.25) is 0 Å². The molecule has 2 rings (SSSR count). The topological polar surface area (TPSA) is 42.7 Å². The van der Waals surface area contributed by atoms with Gasteiger partial charge in [0.2, 0.25) is 0 Å². The van der Waals surface area contributed by atoms with E-state index in [0.29, 0.717) is 12.0 Å². The van der Waals surface area contributed by atoms with Gasteiger partial charge in [-0.3, -0.25) is 0 Å². The van der Waals surface area contributed by atoms with Crippen LogP contribution in [0.4, 0.5) is 0 Å². The minimum Gasteiger partial charge on any atom is -0.316 e. The van der Waals surface area contributed by atoms with E-state index in [2.05, 4.69) is 52.7 Å². The van der Waals surface area contributed by atoms with E-state index in [9.17, 15) is 0 Å². The molecule has 0 saturated carbocycles. The van der Waals surface area contributed by atoms with Gasteiger partial charge < -0.3 is 5.32 Å². The molecule has 0 spiro atoms. The normalized spacial score (nSPS) is 21.7. The third kappa shape index (κ3) is 3.48. The second-order valence-electron chi connectivity index (χ2n) is 5.48. The van der Waals surface area contributed by atoms with E-state index in [4.69, 9.17) is 0 Å². The lowest BCUT2D eigenvalue weighted by atomic mass is 9.96. The molecule has 2 heterocycles. The molecule has 5 heteroatoms. The Morgan fingerprint density at radius 3 is 3.00 bits per heavy atom. The van der Waals surface area contributed by atoms with Gasteiger partial charge >= 0.3 is 0 Å². The van der Waals surface area contributed by atoms with Gasteiger partial charge in [0.05, 0.1) is 0 Å². The smallest absolute Gasteiger partial charge is 0.138 e. The zero-order valence-corrected chi connectivity index (χ0v) is 12.4. The van der Waals surface area contributed by atoms with Gasteiger partial charge in [-0.1, -0.05) is 13.8 Å². The molecule has 0 radical (unpaired) electrons. The molecule has 4 nitrogen and oxygen atoms in total. The highest BCUT2D eigenvalue weighted by Gasteiger charge is 2.25. The maximum atomic E-state index is 4.43. The lowest BCUT2D eigenvalue weighted by Crippen LogP contribution is -2.36. The molecule has 1 aromatic rings. The Morgan fingerprint density at radius 1 is 1.56 bits per heavy atom. The first-order valence-electron chi connectivity index (χ1n) is 6.82. The van der Waals surface area contributed by atoms with Gasteiger partial charge in [0.1, 0.15) is 12.2 Å². The summed E-state index contributed by atoms with van der Waals surface area (Å²) in [7, 11) is 2.07. The summed E-state index contributed by atoms with van der Waals surface area (Å²) < 4.78 is 2.07. The maximum absolute atomic E-state index is 4.43. The average Bonchev–Trinajstić information content (AvgIpc) is 2.96. The summed E-state index contributed by atoms with van der Waals surface area (Å²) in [5.41, 5.74) is 0. The summed E-state index contributed by atoms with van der Waals surface area (Å²) in [6, 6.07) is 0.537. The molecule has 1 saturated heterocycles. The van der Waals surface area contributed by atoms with Crippen LogP contribution in [0, 0.1) is 11.8 Å². The van der Waals surface area contributed by atoms with E-state index in [1.54, 1.807) is 6.33 Å². The molecule has 0 aromatic carbocycles. The molecule has 1 aliphatic rings. The minimum atomic E-state index is 0.537. The number of likely N-dealkylation sites (N-methyl/N-ethyl adjacent to an activating group) is 1. The summed E-state index contributed by atoms with van der Waals surface area (Å²) in [6.07, 6.45) is 4.01. The average molecular weight is 268 g/mol. The van der Waals surface area contributed by atoms with Crippen molar-refractivity contribution in [1.82, 2.24) is 20.1 Å². The Morgan fingerprint density at radius 2 is 2.39 bits per heavy atom. The first-order valence-corrected chi connectivity index (χ1v) is 7.98. The van der Waals surface area contributed by atoms with Crippen LogP contribution >= 0.6 is 11.8 Å². The quantitative estimate of drug-likeness (QED) is 0.854. The molecule has 102 valence electrons. The van der Waals surface area contributed by atoms with Crippen LogP contribution in [0.1, 0.15) is 26.1 Å². The van der Waals surface area contributed by atoms with E-state index >= 15 is 0 Å². The van der Waals surface area contributed by atoms with Crippen LogP contribution < -0.4 is 5.32 Å². The lowest BCUT2D eigenvalue weighted by Gasteiger charge is -2.22. The molecule has 1 aliphatic heterocycles. The molecule has 1 fully saturated rings. The van der Waals surface area contributed by atoms with Gasteiger partial charge in [-0.05, 0) is 36.8 Å². The summed E-state index contributed by atoms with van der Waals surface area (Å²) in [6.45, 7) is 5.40. The number of nitrogens with one attached hydrogen (secondary N) is 1. The Hall–Kier alpha value is -0.550. The lowest BCUT2D eigenvalue weighted by molar-refractivity contribution is 0.381. The van der Waals surface area contributed by atoms with E-state index in [-0.39, 0.29) is 0 Å². The third-order valence-corrected chi connectivity index (χ3v) is 4.73. The highest BCUT2D eigenvalue weighted by molar-refractivity contribution is 7.99. The van der Waals surface area contributed by atoms with Crippen molar-refractivity contribution in [3.63, 3.8) is 0 Å². The standard InChI is InChI=1S/C13H24N4S/c1-10(2)7-17-13(15-9-16-17)6-12(14-3)11-4-5-18-8-11/h9-12,14H,4-8H2,1-3H3. The molecule has 1 aromatic heterocycles. The fraction of sp³-hybridized carbons (Fsp3) is 0.846. The summed E-state index contributed by atoms with van der Waals surface area (Å²) in [5, 5.41) is 7.81. The number of nitrogens with zero attached hydrogens (tertiary/aromatic N) is 3. The zero-order valence-electron chi connectivity index (χ0n) is 11.6. The van der Waals surface area contributed by atoms with Crippen molar-refractivity contribution in [1.29, 1.82) is 0 Å². The van der Waals surface area contributed by atoms with Crippen LogP contribution in [0.3, 0.4) is 0 Å². The molecule has 2 atom stereocenters. The van der Waals surface area contributed by atoms with Crippen molar-refractivity contribution in [2.24, 2.45) is 11.8 Å². The van der Waals surface area contributed by atoms with Crippen molar-refractivity contribution >= 4 is 11.8 Å². The number of hydrogen-bond donors (Lipinski definition) is 1. The van der Waals surface area contributed by atoms with Gasteiger partial charge in [0.15, 0.2) is 0 Å². The summed E-state index contributed by atoms with van der Waals surface area (Å²) in [5.74, 6) is 5.11. The van der Waals surface area contributed by atoms with Crippen molar-refractivity contribution in [2.45, 2.75) is 39.3 Å². The monoisotopic (exact) mass is 268 g/mol. The summed E-state index contributed by atoms with van der Waals surface area (Å²) >= 11 is 2.07. The zero-order chi connectivity index (χ0) is 13.0. The van der Waals surface area contributed by atoms with Gasteiger partial charge in [-0.25, -0.2) is 9.67 Å². The Kier molecular flexibility index (Phi) is 5.06.